The van der Waals surface area contributed by atoms with Gasteiger partial charge in [-0.15, -0.1) is 0 Å². The van der Waals surface area contributed by atoms with E-state index in [0.717, 1.165) is 18.7 Å². The lowest BCUT2D eigenvalue weighted by molar-refractivity contribution is 0.122. The highest BCUT2D eigenvalue weighted by molar-refractivity contribution is 6.33. The molecule has 7 nitrogen and oxygen atoms in total. The molecule has 1 aliphatic heterocycles. The molecule has 126 valence electrons. The van der Waals surface area contributed by atoms with Crippen LogP contribution in [0, 0.1) is 6.92 Å². The molecule has 8 heteroatoms. The van der Waals surface area contributed by atoms with Gasteiger partial charge in [0.1, 0.15) is 0 Å². The monoisotopic (exact) mass is 347 g/mol. The first-order chi connectivity index (χ1) is 11.6. The van der Waals surface area contributed by atoms with Crippen LogP contribution in [0.5, 0.6) is 0 Å². The summed E-state index contributed by atoms with van der Waals surface area (Å²) in [5, 5.41) is 5.87. The van der Waals surface area contributed by atoms with Crippen LogP contribution in [-0.4, -0.2) is 42.3 Å². The van der Waals surface area contributed by atoms with Gasteiger partial charge in [0.2, 0.25) is 5.95 Å². The minimum atomic E-state index is -0.400. The van der Waals surface area contributed by atoms with Gasteiger partial charge in [-0.25, -0.2) is 14.8 Å². The molecule has 0 radical (unpaired) electrons. The number of hydrogen-bond acceptors (Lipinski definition) is 5. The van der Waals surface area contributed by atoms with E-state index in [0.29, 0.717) is 35.6 Å². The van der Waals surface area contributed by atoms with E-state index < -0.39 is 6.03 Å². The number of anilines is 3. The van der Waals surface area contributed by atoms with Crippen molar-refractivity contribution in [2.45, 2.75) is 6.92 Å². The molecule has 0 atom stereocenters. The Kier molecular flexibility index (Phi) is 5.12. The number of halogens is 1. The number of carbonyl (C=O) groups excluding carboxylic acids is 1. The van der Waals surface area contributed by atoms with Crippen molar-refractivity contribution in [2.24, 2.45) is 0 Å². The Bertz CT molecular complexity index is 717. The molecule has 2 amide bonds. The number of urea groups is 1. The van der Waals surface area contributed by atoms with Crippen LogP contribution in [0.15, 0.2) is 30.6 Å². The maximum atomic E-state index is 12.0. The number of amides is 2. The second-order valence-electron chi connectivity index (χ2n) is 5.43. The Balaban J connectivity index is 1.59. The van der Waals surface area contributed by atoms with Crippen LogP contribution < -0.4 is 15.5 Å². The molecule has 2 heterocycles. The maximum absolute atomic E-state index is 12.0. The van der Waals surface area contributed by atoms with E-state index in [2.05, 4.69) is 20.6 Å². The smallest absolute Gasteiger partial charge is 0.323 e. The molecule has 1 saturated heterocycles. The van der Waals surface area contributed by atoms with Gasteiger partial charge in [0, 0.05) is 13.1 Å². The molecule has 0 spiro atoms. The fraction of sp³-hybridized carbons (Fsp3) is 0.312. The normalized spacial score (nSPS) is 14.3. The minimum absolute atomic E-state index is 0.400. The van der Waals surface area contributed by atoms with E-state index in [1.807, 2.05) is 17.9 Å². The summed E-state index contributed by atoms with van der Waals surface area (Å²) in [5.41, 5.74) is 2.08. The Hall–Kier alpha value is -2.38. The highest BCUT2D eigenvalue weighted by Gasteiger charge is 2.14. The van der Waals surface area contributed by atoms with Gasteiger partial charge in [-0.05, 0) is 24.6 Å². The predicted molar refractivity (Wildman–Crippen MR) is 93.9 cm³/mol. The largest absolute Gasteiger partial charge is 0.378 e. The van der Waals surface area contributed by atoms with Gasteiger partial charge in [0.25, 0.3) is 0 Å². The van der Waals surface area contributed by atoms with Gasteiger partial charge in [-0.3, -0.25) is 0 Å². The van der Waals surface area contributed by atoms with E-state index in [1.165, 1.54) is 0 Å². The first-order valence-corrected chi connectivity index (χ1v) is 7.98. The number of morpholine rings is 1. The van der Waals surface area contributed by atoms with E-state index >= 15 is 0 Å². The van der Waals surface area contributed by atoms with Crippen molar-refractivity contribution >= 4 is 35.0 Å². The maximum Gasteiger partial charge on any atom is 0.323 e. The summed E-state index contributed by atoms with van der Waals surface area (Å²) in [6.45, 7) is 4.80. The van der Waals surface area contributed by atoms with Gasteiger partial charge in [0.15, 0.2) is 0 Å². The molecular formula is C16H18ClN5O2. The third kappa shape index (κ3) is 4.12. The topological polar surface area (TPSA) is 79.4 Å². The van der Waals surface area contributed by atoms with Crippen LogP contribution in [0.3, 0.4) is 0 Å². The highest BCUT2D eigenvalue weighted by Crippen LogP contribution is 2.23. The Morgan fingerprint density at radius 1 is 1.21 bits per heavy atom. The standard InChI is InChI=1S/C16H18ClN5O2/c1-11-2-3-14(13(17)8-11)21-16(23)20-12-9-18-15(19-10-12)22-4-6-24-7-5-22/h2-3,8-10H,4-7H2,1H3,(H2,20,21,23). The number of rotatable bonds is 3. The summed E-state index contributed by atoms with van der Waals surface area (Å²) in [5.74, 6) is 0.630. The van der Waals surface area contributed by atoms with Crippen LogP contribution in [0.2, 0.25) is 5.02 Å². The third-order valence-corrected chi connectivity index (χ3v) is 3.88. The average molecular weight is 348 g/mol. The number of nitrogens with zero attached hydrogens (tertiary/aromatic N) is 3. The van der Waals surface area contributed by atoms with Crippen molar-refractivity contribution in [1.82, 2.24) is 9.97 Å². The molecule has 1 aromatic carbocycles. The first kappa shape index (κ1) is 16.5. The lowest BCUT2D eigenvalue weighted by Crippen LogP contribution is -2.37. The molecule has 0 bridgehead atoms. The molecular weight excluding hydrogens is 330 g/mol. The number of ether oxygens (including phenoxy) is 1. The fourth-order valence-electron chi connectivity index (χ4n) is 2.32. The number of nitrogens with one attached hydrogen (secondary N) is 2. The Morgan fingerprint density at radius 3 is 2.58 bits per heavy atom. The predicted octanol–water partition coefficient (Wildman–Crippen LogP) is 2.92. The summed E-state index contributed by atoms with van der Waals surface area (Å²) < 4.78 is 5.30. The van der Waals surface area contributed by atoms with Crippen LogP contribution in [0.4, 0.5) is 22.1 Å². The molecule has 24 heavy (non-hydrogen) atoms. The average Bonchev–Trinajstić information content (AvgIpc) is 2.59. The van der Waals surface area contributed by atoms with E-state index in [9.17, 15) is 4.79 Å². The SMILES string of the molecule is Cc1ccc(NC(=O)Nc2cnc(N3CCOCC3)nc2)c(Cl)c1. The first-order valence-electron chi connectivity index (χ1n) is 7.61. The number of carbonyl (C=O) groups is 1. The Labute approximate surface area is 145 Å². The summed E-state index contributed by atoms with van der Waals surface area (Å²) in [6, 6.07) is 5.03. The lowest BCUT2D eigenvalue weighted by atomic mass is 10.2. The quantitative estimate of drug-likeness (QED) is 0.892. The van der Waals surface area contributed by atoms with Crippen molar-refractivity contribution in [3.8, 4) is 0 Å². The molecule has 3 rings (SSSR count). The molecule has 1 aromatic heterocycles. The summed E-state index contributed by atoms with van der Waals surface area (Å²) >= 11 is 6.10. The number of hydrogen-bond donors (Lipinski definition) is 2. The highest BCUT2D eigenvalue weighted by atomic mass is 35.5. The van der Waals surface area contributed by atoms with Crippen molar-refractivity contribution in [2.75, 3.05) is 41.8 Å². The van der Waals surface area contributed by atoms with Gasteiger partial charge in [0.05, 0.1) is 42.0 Å². The van der Waals surface area contributed by atoms with Gasteiger partial charge in [-0.2, -0.15) is 0 Å². The summed E-state index contributed by atoms with van der Waals surface area (Å²) in [7, 11) is 0. The van der Waals surface area contributed by atoms with Crippen LogP contribution in [0.25, 0.3) is 0 Å². The third-order valence-electron chi connectivity index (χ3n) is 3.56. The van der Waals surface area contributed by atoms with Crippen LogP contribution in [0.1, 0.15) is 5.56 Å². The number of benzene rings is 1. The summed E-state index contributed by atoms with van der Waals surface area (Å²) in [4.78, 5) is 22.6. The number of aryl methyl sites for hydroxylation is 1. The molecule has 0 unspecified atom stereocenters. The second kappa shape index (κ2) is 7.46. The molecule has 0 aliphatic carbocycles. The van der Waals surface area contributed by atoms with E-state index in [1.54, 1.807) is 24.5 Å². The van der Waals surface area contributed by atoms with Gasteiger partial charge >= 0.3 is 6.03 Å². The zero-order chi connectivity index (χ0) is 16.9. The van der Waals surface area contributed by atoms with Gasteiger partial charge in [-0.1, -0.05) is 17.7 Å². The summed E-state index contributed by atoms with van der Waals surface area (Å²) in [6.07, 6.45) is 3.16. The molecule has 2 N–H and O–H groups in total. The van der Waals surface area contributed by atoms with Crippen LogP contribution in [-0.2, 0) is 4.74 Å². The minimum Gasteiger partial charge on any atom is -0.378 e. The zero-order valence-corrected chi connectivity index (χ0v) is 14.0. The lowest BCUT2D eigenvalue weighted by Gasteiger charge is -2.26. The van der Waals surface area contributed by atoms with Crippen molar-refractivity contribution in [3.05, 3.63) is 41.2 Å². The van der Waals surface area contributed by atoms with E-state index in [-0.39, 0.29) is 0 Å². The van der Waals surface area contributed by atoms with Crippen molar-refractivity contribution in [1.29, 1.82) is 0 Å². The number of aromatic nitrogens is 2. The Morgan fingerprint density at radius 2 is 1.92 bits per heavy atom. The van der Waals surface area contributed by atoms with Crippen molar-refractivity contribution < 1.29 is 9.53 Å². The zero-order valence-electron chi connectivity index (χ0n) is 13.3. The molecule has 0 saturated carbocycles. The van der Waals surface area contributed by atoms with Gasteiger partial charge < -0.3 is 20.3 Å². The molecule has 1 fully saturated rings. The second-order valence-corrected chi connectivity index (χ2v) is 5.84. The van der Waals surface area contributed by atoms with Crippen LogP contribution >= 0.6 is 11.6 Å². The van der Waals surface area contributed by atoms with E-state index in [4.69, 9.17) is 16.3 Å². The fourth-order valence-corrected chi connectivity index (χ4v) is 2.60. The molecule has 2 aromatic rings. The van der Waals surface area contributed by atoms with Crippen molar-refractivity contribution in [3.63, 3.8) is 0 Å². The molecule has 1 aliphatic rings.